The van der Waals surface area contributed by atoms with Crippen LogP contribution in [0.4, 0.5) is 25.8 Å². The minimum atomic E-state index is -0.692. The van der Waals surface area contributed by atoms with Crippen LogP contribution in [0, 0.1) is 18.6 Å². The first kappa shape index (κ1) is 24.6. The van der Waals surface area contributed by atoms with E-state index in [1.165, 1.54) is 12.1 Å². The van der Waals surface area contributed by atoms with Gasteiger partial charge >= 0.3 is 211 Å². The molecule has 2 N–H and O–H groups in total. The van der Waals surface area contributed by atoms with Crippen molar-refractivity contribution >= 4 is 54.7 Å². The molecule has 2 nitrogen and oxygen atoms in total. The Hall–Kier alpha value is -3.50. The maximum atomic E-state index is 14.0. The molecular formula is C28H21B2ClF2N2. The molecule has 4 rings (SSSR count). The first-order chi connectivity index (χ1) is 16.7. The molecule has 4 aromatic carbocycles. The van der Waals surface area contributed by atoms with Gasteiger partial charge in [-0.15, -0.1) is 0 Å². The van der Waals surface area contributed by atoms with Crippen molar-refractivity contribution in [2.24, 2.45) is 0 Å². The van der Waals surface area contributed by atoms with Gasteiger partial charge in [-0.05, 0) is 0 Å². The third-order valence-electron chi connectivity index (χ3n) is 5.53. The van der Waals surface area contributed by atoms with E-state index in [-0.39, 0.29) is 5.69 Å². The number of benzene rings is 4. The molecule has 0 aliphatic carbocycles. The van der Waals surface area contributed by atoms with Gasteiger partial charge in [0.15, 0.2) is 0 Å². The van der Waals surface area contributed by atoms with Crippen LogP contribution < -0.4 is 10.6 Å². The Bertz CT molecular complexity index is 1450. The fraction of sp³-hybridized carbons (Fsp3) is 0.0714. The molecule has 0 amide bonds. The number of hydrogen-bond donors (Lipinski definition) is 2. The predicted octanol–water partition coefficient (Wildman–Crippen LogP) is 6.80. The summed E-state index contributed by atoms with van der Waals surface area (Å²) >= 11 is 6.57. The van der Waals surface area contributed by atoms with Gasteiger partial charge in [-0.2, -0.15) is 0 Å². The van der Waals surface area contributed by atoms with Crippen molar-refractivity contribution in [2.75, 3.05) is 10.6 Å². The molecular weight excluding hydrogens is 459 g/mol. The molecule has 0 heterocycles. The molecule has 0 aliphatic rings. The summed E-state index contributed by atoms with van der Waals surface area (Å²) in [6, 6.07) is 22.5. The summed E-state index contributed by atoms with van der Waals surface area (Å²) in [7, 11) is 12.4. The predicted molar refractivity (Wildman–Crippen MR) is 147 cm³/mol. The molecule has 0 bridgehead atoms. The van der Waals surface area contributed by atoms with E-state index in [1.54, 1.807) is 25.1 Å². The second-order valence-electron chi connectivity index (χ2n) is 8.28. The van der Waals surface area contributed by atoms with E-state index in [4.69, 9.17) is 26.6 Å². The van der Waals surface area contributed by atoms with Crippen LogP contribution >= 0.6 is 11.6 Å². The Balaban J connectivity index is 1.62. The molecule has 2 radical (unpaired) electrons. The van der Waals surface area contributed by atoms with Gasteiger partial charge in [0.05, 0.1) is 0 Å². The zero-order valence-corrected chi connectivity index (χ0v) is 20.1. The van der Waals surface area contributed by atoms with E-state index in [9.17, 15) is 8.78 Å². The molecule has 4 aromatic rings. The summed E-state index contributed by atoms with van der Waals surface area (Å²) in [4.78, 5) is 0. The number of nitrogens with one attached hydrogen (secondary N) is 2. The van der Waals surface area contributed by atoms with Gasteiger partial charge in [0.25, 0.3) is 0 Å². The van der Waals surface area contributed by atoms with E-state index in [0.717, 1.165) is 34.0 Å². The Labute approximate surface area is 211 Å². The fourth-order valence-corrected chi connectivity index (χ4v) is 4.08. The van der Waals surface area contributed by atoms with Crippen molar-refractivity contribution in [3.8, 4) is 11.1 Å². The topological polar surface area (TPSA) is 24.1 Å². The molecule has 0 atom stereocenters. The normalized spacial score (nSPS) is 10.6. The summed E-state index contributed by atoms with van der Waals surface area (Å²) in [5.74, 6) is -1.33. The van der Waals surface area contributed by atoms with Crippen molar-refractivity contribution < 1.29 is 8.78 Å². The molecule has 0 aromatic heterocycles. The van der Waals surface area contributed by atoms with Gasteiger partial charge in [-0.1, -0.05) is 0 Å². The average molecular weight is 481 g/mol. The fourth-order valence-electron chi connectivity index (χ4n) is 3.80. The van der Waals surface area contributed by atoms with Crippen LogP contribution in [0.3, 0.4) is 0 Å². The van der Waals surface area contributed by atoms with Crippen molar-refractivity contribution in [1.29, 1.82) is 0 Å². The van der Waals surface area contributed by atoms with Crippen LogP contribution in [-0.2, 0) is 0 Å². The third-order valence-corrected chi connectivity index (χ3v) is 5.85. The summed E-state index contributed by atoms with van der Waals surface area (Å²) in [6.07, 6.45) is 0. The summed E-state index contributed by atoms with van der Waals surface area (Å²) in [5, 5.41) is 6.44. The van der Waals surface area contributed by atoms with Crippen LogP contribution in [0.1, 0.15) is 23.6 Å². The monoisotopic (exact) mass is 480 g/mol. The van der Waals surface area contributed by atoms with E-state index in [1.807, 2.05) is 49.4 Å². The second-order valence-corrected chi connectivity index (χ2v) is 8.68. The first-order valence-corrected chi connectivity index (χ1v) is 11.3. The summed E-state index contributed by atoms with van der Waals surface area (Å²) in [6.45, 7) is 3.78. The van der Waals surface area contributed by atoms with Gasteiger partial charge in [-0.3, -0.25) is 0 Å². The first-order valence-electron chi connectivity index (χ1n) is 10.9. The van der Waals surface area contributed by atoms with Crippen LogP contribution in [0.25, 0.3) is 11.1 Å². The van der Waals surface area contributed by atoms with Crippen molar-refractivity contribution in [3.05, 3.63) is 112 Å². The Morgan fingerprint density at radius 3 is 2.29 bits per heavy atom. The third kappa shape index (κ3) is 5.77. The zero-order valence-electron chi connectivity index (χ0n) is 19.3. The number of halogens is 3. The number of rotatable bonds is 7. The standard InChI is InChI=1S/C28H21B2ClF2N2/c1-16-6-7-19(18-4-3-5-21(12-18)34-17(2)29)13-24(16)28(30)23-10-9-22(15-25(23)31)35-27-11-8-20(32)14-26(27)33/h3-15,34-35H,1-2H3. The Kier molecular flexibility index (Phi) is 7.32. The summed E-state index contributed by atoms with van der Waals surface area (Å²) in [5.41, 5.74) is 7.24. The molecule has 0 unspecified atom stereocenters. The molecule has 170 valence electrons. The molecule has 0 saturated carbocycles. The van der Waals surface area contributed by atoms with E-state index in [2.05, 4.69) is 10.6 Å². The number of hydrogen-bond acceptors (Lipinski definition) is 2. The van der Waals surface area contributed by atoms with Gasteiger partial charge in [0.1, 0.15) is 0 Å². The second kappa shape index (κ2) is 10.4. The summed E-state index contributed by atoms with van der Waals surface area (Å²) < 4.78 is 27.2. The van der Waals surface area contributed by atoms with Gasteiger partial charge in [0.2, 0.25) is 0 Å². The Morgan fingerprint density at radius 1 is 0.800 bits per heavy atom. The van der Waals surface area contributed by atoms with Crippen molar-refractivity contribution in [2.45, 2.75) is 13.8 Å². The molecule has 0 spiro atoms. The molecule has 7 heteroatoms. The van der Waals surface area contributed by atoms with Gasteiger partial charge in [-0.25, -0.2) is 0 Å². The van der Waals surface area contributed by atoms with E-state index in [0.29, 0.717) is 27.3 Å². The molecule has 0 fully saturated rings. The zero-order chi connectivity index (χ0) is 25.1. The maximum absolute atomic E-state index is 14.0. The number of anilines is 3. The van der Waals surface area contributed by atoms with Gasteiger partial charge < -0.3 is 0 Å². The Morgan fingerprint density at radius 2 is 1.57 bits per heavy atom. The minimum absolute atomic E-state index is 0.148. The molecule has 35 heavy (non-hydrogen) atoms. The molecule has 0 aliphatic heterocycles. The SMILES string of the molecule is [B]=C(C)Nc1cccc(-c2ccc(C)c(C(=[B])c3ccc(Nc4ccc(F)cc4F)cc3Cl)c2)c1. The van der Waals surface area contributed by atoms with Crippen molar-refractivity contribution in [3.63, 3.8) is 0 Å². The van der Waals surface area contributed by atoms with Crippen molar-refractivity contribution in [1.82, 2.24) is 0 Å². The van der Waals surface area contributed by atoms with Crippen LogP contribution in [0.2, 0.25) is 5.02 Å². The quantitative estimate of drug-likeness (QED) is 0.284. The van der Waals surface area contributed by atoms with Gasteiger partial charge in [0, 0.05) is 0 Å². The van der Waals surface area contributed by atoms with Crippen LogP contribution in [-0.4, -0.2) is 26.0 Å². The van der Waals surface area contributed by atoms with Crippen LogP contribution in [0.15, 0.2) is 78.9 Å². The van der Waals surface area contributed by atoms with E-state index >= 15 is 0 Å². The average Bonchev–Trinajstić information content (AvgIpc) is 2.81. The van der Waals surface area contributed by atoms with Crippen LogP contribution in [0.5, 0.6) is 0 Å². The number of aryl methyl sites for hydroxylation is 1. The van der Waals surface area contributed by atoms with E-state index < -0.39 is 11.6 Å². The molecule has 0 saturated heterocycles.